The third-order valence-corrected chi connectivity index (χ3v) is 0.249. The van der Waals surface area contributed by atoms with Crippen molar-refractivity contribution in [2.24, 2.45) is 32.1 Å². The van der Waals surface area contributed by atoms with Gasteiger partial charge in [0.2, 0.25) is 0 Å². The summed E-state index contributed by atoms with van der Waals surface area (Å²) >= 11 is 0. The normalized spacial score (nSPS) is 8.86. The standard InChI is InChI=1S/C3H8O.2CH4N4/c1-3(2)4;2*2-4-1-5-3/h3-4H,1-2H3;2*1-2H,3H2. The van der Waals surface area contributed by atoms with E-state index in [0.29, 0.717) is 0 Å². The fraction of sp³-hybridized carbons (Fsp3) is 0.600. The fourth-order valence-electron chi connectivity index (χ4n) is 0.0667. The SMILES string of the molecule is CC(C)O.N=NC=NN.N=NC=NN. The number of hydrazone groups is 2. The molecule has 0 amide bonds. The first-order valence-corrected chi connectivity index (χ1v) is 3.41. The van der Waals surface area contributed by atoms with Gasteiger partial charge in [-0.25, -0.2) is 11.1 Å². The van der Waals surface area contributed by atoms with E-state index in [0.717, 1.165) is 12.7 Å². The molecule has 14 heavy (non-hydrogen) atoms. The van der Waals surface area contributed by atoms with Crippen LogP contribution >= 0.6 is 0 Å². The van der Waals surface area contributed by atoms with Gasteiger partial charge in [0.1, 0.15) is 0 Å². The molecule has 0 aromatic rings. The molecule has 0 unspecified atom stereocenters. The van der Waals surface area contributed by atoms with Crippen LogP contribution in [0.5, 0.6) is 0 Å². The quantitative estimate of drug-likeness (QED) is 0.143. The van der Waals surface area contributed by atoms with Crippen LogP contribution in [0.15, 0.2) is 20.4 Å². The highest BCUT2D eigenvalue weighted by Gasteiger charge is 1.69. The fourth-order valence-corrected chi connectivity index (χ4v) is 0.0667. The van der Waals surface area contributed by atoms with E-state index in [4.69, 9.17) is 16.2 Å². The molecule has 0 saturated carbocycles. The summed E-state index contributed by atoms with van der Waals surface area (Å²) in [6.45, 7) is 3.44. The molecule has 0 aliphatic carbocycles. The van der Waals surface area contributed by atoms with Crippen molar-refractivity contribution < 1.29 is 5.11 Å². The van der Waals surface area contributed by atoms with Crippen molar-refractivity contribution in [3.05, 3.63) is 0 Å². The molecule has 0 aromatic carbocycles. The first kappa shape index (κ1) is 18.0. The molecule has 0 bridgehead atoms. The molecule has 9 heteroatoms. The monoisotopic (exact) mass is 204 g/mol. The molecule has 0 rings (SSSR count). The lowest BCUT2D eigenvalue weighted by Crippen LogP contribution is -1.85. The molecule has 0 aliphatic heterocycles. The lowest BCUT2D eigenvalue weighted by Gasteiger charge is -1.80. The summed E-state index contributed by atoms with van der Waals surface area (Å²) in [7, 11) is 0. The predicted octanol–water partition coefficient (Wildman–Crippen LogP) is 0.226. The van der Waals surface area contributed by atoms with Gasteiger partial charge in [-0.05, 0) is 13.8 Å². The molecule has 9 nitrogen and oxygen atoms in total. The maximum absolute atomic E-state index is 8.06. The van der Waals surface area contributed by atoms with E-state index < -0.39 is 0 Å². The van der Waals surface area contributed by atoms with Crippen LogP contribution in [-0.2, 0) is 0 Å². The Morgan fingerprint density at radius 3 is 1.29 bits per heavy atom. The molecule has 0 aliphatic rings. The maximum Gasteiger partial charge on any atom is 0.156 e. The summed E-state index contributed by atoms with van der Waals surface area (Å²) in [5, 5.41) is 19.2. The molecule has 82 valence electrons. The summed E-state index contributed by atoms with van der Waals surface area (Å²) < 4.78 is 0. The van der Waals surface area contributed by atoms with Gasteiger partial charge in [0.15, 0.2) is 12.7 Å². The Morgan fingerprint density at radius 2 is 1.29 bits per heavy atom. The van der Waals surface area contributed by atoms with Crippen molar-refractivity contribution in [2.45, 2.75) is 20.0 Å². The van der Waals surface area contributed by atoms with E-state index in [1.165, 1.54) is 0 Å². The van der Waals surface area contributed by atoms with Gasteiger partial charge in [0.05, 0.1) is 0 Å². The number of rotatable bonds is 2. The zero-order chi connectivity index (χ0) is 11.8. The third-order valence-electron chi connectivity index (χ3n) is 0.249. The van der Waals surface area contributed by atoms with Crippen LogP contribution in [0.2, 0.25) is 0 Å². The number of nitrogens with zero attached hydrogens (tertiary/aromatic N) is 4. The highest BCUT2D eigenvalue weighted by Crippen LogP contribution is 1.65. The molecular formula is C5H16N8O. The summed E-state index contributed by atoms with van der Waals surface area (Å²) in [6, 6.07) is 0. The van der Waals surface area contributed by atoms with Crippen molar-refractivity contribution in [2.75, 3.05) is 0 Å². The molecule has 0 aromatic heterocycles. The van der Waals surface area contributed by atoms with Crippen LogP contribution in [0, 0.1) is 11.1 Å². The molecular weight excluding hydrogens is 188 g/mol. The number of aliphatic hydroxyl groups is 1. The summed E-state index contributed by atoms with van der Waals surface area (Å²) in [4.78, 5) is 0. The Kier molecular flexibility index (Phi) is 28.9. The maximum atomic E-state index is 8.06. The van der Waals surface area contributed by atoms with Gasteiger partial charge in [-0.2, -0.15) is 10.2 Å². The van der Waals surface area contributed by atoms with Gasteiger partial charge in [-0.1, -0.05) is 0 Å². The van der Waals surface area contributed by atoms with Crippen LogP contribution in [0.1, 0.15) is 13.8 Å². The minimum atomic E-state index is -0.167. The van der Waals surface area contributed by atoms with Crippen LogP contribution < -0.4 is 11.7 Å². The highest BCUT2D eigenvalue weighted by atomic mass is 16.3. The van der Waals surface area contributed by atoms with Crippen LogP contribution in [-0.4, -0.2) is 23.9 Å². The lowest BCUT2D eigenvalue weighted by molar-refractivity contribution is 0.216. The molecule has 0 radical (unpaired) electrons. The first-order valence-electron chi connectivity index (χ1n) is 3.41. The number of hydrogen-bond donors (Lipinski definition) is 5. The average Bonchev–Trinajstić information content (AvgIpc) is 2.07. The second-order valence-corrected chi connectivity index (χ2v) is 1.88. The number of nitrogens with one attached hydrogen (secondary N) is 2. The van der Waals surface area contributed by atoms with E-state index in [9.17, 15) is 0 Å². The molecule has 0 fully saturated rings. The van der Waals surface area contributed by atoms with Crippen molar-refractivity contribution in [1.82, 2.24) is 0 Å². The van der Waals surface area contributed by atoms with Crippen molar-refractivity contribution >= 4 is 12.7 Å². The number of nitrogens with two attached hydrogens (primary N) is 2. The molecule has 0 spiro atoms. The Bertz CT molecular complexity index is 146. The number of aliphatic hydroxyl groups excluding tert-OH is 1. The van der Waals surface area contributed by atoms with E-state index in [2.05, 4.69) is 32.1 Å². The van der Waals surface area contributed by atoms with E-state index in [1.54, 1.807) is 13.8 Å². The topological polar surface area (TPSA) is 169 Å². The minimum Gasteiger partial charge on any atom is -0.394 e. The van der Waals surface area contributed by atoms with Gasteiger partial charge in [-0.15, -0.1) is 10.2 Å². The highest BCUT2D eigenvalue weighted by molar-refractivity contribution is 5.53. The molecule has 0 heterocycles. The Balaban J connectivity index is -0.000000131. The average molecular weight is 204 g/mol. The van der Waals surface area contributed by atoms with Gasteiger partial charge in [0.25, 0.3) is 0 Å². The van der Waals surface area contributed by atoms with Crippen LogP contribution in [0.25, 0.3) is 0 Å². The third kappa shape index (κ3) is 190. The second kappa shape index (κ2) is 22.5. The van der Waals surface area contributed by atoms with Crippen molar-refractivity contribution in [1.29, 1.82) is 11.1 Å². The van der Waals surface area contributed by atoms with Crippen LogP contribution in [0.4, 0.5) is 0 Å². The Labute approximate surface area is 81.9 Å². The zero-order valence-electron chi connectivity index (χ0n) is 8.12. The van der Waals surface area contributed by atoms with E-state index in [1.807, 2.05) is 0 Å². The summed E-state index contributed by atoms with van der Waals surface area (Å²) in [5.41, 5.74) is 12.0. The minimum absolute atomic E-state index is 0.167. The molecule has 0 saturated heterocycles. The Hall–Kier alpha value is -1.90. The largest absolute Gasteiger partial charge is 0.394 e. The summed E-state index contributed by atoms with van der Waals surface area (Å²) in [6.07, 6.45) is 1.72. The zero-order valence-corrected chi connectivity index (χ0v) is 8.12. The van der Waals surface area contributed by atoms with Gasteiger partial charge < -0.3 is 16.8 Å². The summed E-state index contributed by atoms with van der Waals surface area (Å²) in [5.74, 6) is 8.99. The first-order chi connectivity index (χ1) is 6.56. The lowest BCUT2D eigenvalue weighted by atomic mass is 10.5. The van der Waals surface area contributed by atoms with Crippen LogP contribution in [0.3, 0.4) is 0 Å². The second-order valence-electron chi connectivity index (χ2n) is 1.88. The van der Waals surface area contributed by atoms with Crippen molar-refractivity contribution in [3.63, 3.8) is 0 Å². The van der Waals surface area contributed by atoms with Crippen molar-refractivity contribution in [3.8, 4) is 0 Å². The Morgan fingerprint density at radius 1 is 1.07 bits per heavy atom. The van der Waals surface area contributed by atoms with E-state index in [-0.39, 0.29) is 6.10 Å². The van der Waals surface area contributed by atoms with Gasteiger partial charge in [-0.3, -0.25) is 0 Å². The van der Waals surface area contributed by atoms with E-state index >= 15 is 0 Å². The number of hydrogen-bond acceptors (Lipinski definition) is 7. The van der Waals surface area contributed by atoms with Gasteiger partial charge in [0, 0.05) is 6.10 Å². The van der Waals surface area contributed by atoms with Gasteiger partial charge >= 0.3 is 0 Å². The predicted molar refractivity (Wildman–Crippen MR) is 53.0 cm³/mol. The smallest absolute Gasteiger partial charge is 0.156 e. The molecule has 0 atom stereocenters. The molecule has 7 N–H and O–H groups in total.